The number of fused-ring (bicyclic) bond motifs is 1. The molecular weight excluding hydrogens is 472 g/mol. The summed E-state index contributed by atoms with van der Waals surface area (Å²) < 4.78 is 33.4. The fourth-order valence-electron chi connectivity index (χ4n) is 4.80. The van der Waals surface area contributed by atoms with Gasteiger partial charge in [-0.25, -0.2) is 13.6 Å². The zero-order valence-electron chi connectivity index (χ0n) is 22.0. The van der Waals surface area contributed by atoms with Gasteiger partial charge in [0.15, 0.2) is 11.6 Å². The van der Waals surface area contributed by atoms with Crippen LogP contribution < -0.4 is 15.4 Å². The molecule has 2 N–H and O–H groups in total. The Hall–Kier alpha value is -2.95. The van der Waals surface area contributed by atoms with Crippen LogP contribution in [0.15, 0.2) is 18.2 Å². The van der Waals surface area contributed by atoms with Crippen molar-refractivity contribution < 1.29 is 27.9 Å². The SMILES string of the molecule is CN[C@@H](C)C(=O)NC(C(=O)N1CC[C@@H]2[C@H]1[C@@H](Oc1ccc(F)c(F)c1)CN2C(=O)N(C)C)C(C)(C)C. The van der Waals surface area contributed by atoms with Crippen molar-refractivity contribution in [1.82, 2.24) is 25.3 Å². The molecule has 2 aliphatic rings. The maximum Gasteiger partial charge on any atom is 0.319 e. The molecule has 0 saturated carbocycles. The molecule has 0 bridgehead atoms. The van der Waals surface area contributed by atoms with E-state index in [1.54, 1.807) is 37.9 Å². The minimum absolute atomic E-state index is 0.111. The van der Waals surface area contributed by atoms with E-state index in [9.17, 15) is 23.2 Å². The van der Waals surface area contributed by atoms with Crippen molar-refractivity contribution in [1.29, 1.82) is 0 Å². The summed E-state index contributed by atoms with van der Waals surface area (Å²) in [4.78, 5) is 44.3. The second-order valence-corrected chi connectivity index (χ2v) is 10.8. The number of urea groups is 1. The minimum Gasteiger partial charge on any atom is -0.486 e. The third-order valence-corrected chi connectivity index (χ3v) is 6.89. The van der Waals surface area contributed by atoms with Gasteiger partial charge in [-0.3, -0.25) is 9.59 Å². The Balaban J connectivity index is 1.93. The van der Waals surface area contributed by atoms with Crippen molar-refractivity contribution in [2.45, 2.75) is 64.4 Å². The predicted molar refractivity (Wildman–Crippen MR) is 130 cm³/mol. The van der Waals surface area contributed by atoms with E-state index in [2.05, 4.69) is 10.6 Å². The number of halogens is 2. The Labute approximate surface area is 211 Å². The highest BCUT2D eigenvalue weighted by Crippen LogP contribution is 2.36. The summed E-state index contributed by atoms with van der Waals surface area (Å²) in [5.41, 5.74) is -0.591. The van der Waals surface area contributed by atoms with Gasteiger partial charge in [0.1, 0.15) is 17.9 Å². The van der Waals surface area contributed by atoms with Gasteiger partial charge in [-0.15, -0.1) is 0 Å². The highest BCUT2D eigenvalue weighted by atomic mass is 19.2. The molecule has 5 atom stereocenters. The first kappa shape index (κ1) is 27.6. The van der Waals surface area contributed by atoms with Gasteiger partial charge in [-0.1, -0.05) is 20.8 Å². The van der Waals surface area contributed by atoms with Crippen LogP contribution in [0.5, 0.6) is 5.75 Å². The number of carbonyl (C=O) groups is 3. The molecule has 1 unspecified atom stereocenters. The van der Waals surface area contributed by atoms with Crippen molar-refractivity contribution >= 4 is 17.8 Å². The van der Waals surface area contributed by atoms with E-state index < -0.39 is 41.3 Å². The van der Waals surface area contributed by atoms with E-state index in [-0.39, 0.29) is 36.2 Å². The van der Waals surface area contributed by atoms with Crippen LogP contribution in [0, 0.1) is 17.0 Å². The van der Waals surface area contributed by atoms with E-state index >= 15 is 0 Å². The third-order valence-electron chi connectivity index (χ3n) is 6.89. The standard InChI is InChI=1S/C25H37F2N5O4/c1-14(28-5)22(33)29-21(25(2,3)4)23(34)31-11-10-18-20(31)19(13-32(18)24(35)30(6)7)36-15-8-9-16(26)17(27)12-15/h8-9,12,14,18-21,28H,10-11,13H2,1-7H3,(H,29,33)/t14-,18+,19-,20-,21?/m0/s1. The second-order valence-electron chi connectivity index (χ2n) is 10.8. The van der Waals surface area contributed by atoms with E-state index in [4.69, 9.17) is 4.74 Å². The van der Waals surface area contributed by atoms with Crippen molar-refractivity contribution in [3.05, 3.63) is 29.8 Å². The molecule has 3 rings (SSSR count). The lowest BCUT2D eigenvalue weighted by Crippen LogP contribution is -2.59. The Morgan fingerprint density at radius 3 is 2.36 bits per heavy atom. The number of hydrogen-bond acceptors (Lipinski definition) is 5. The molecule has 4 amide bonds. The predicted octanol–water partition coefficient (Wildman–Crippen LogP) is 1.82. The number of rotatable bonds is 6. The number of amides is 4. The number of benzene rings is 1. The normalized spacial score (nSPS) is 23.2. The van der Waals surface area contributed by atoms with Crippen molar-refractivity contribution in [3.63, 3.8) is 0 Å². The van der Waals surface area contributed by atoms with Gasteiger partial charge in [-0.05, 0) is 37.9 Å². The molecular formula is C25H37F2N5O4. The van der Waals surface area contributed by atoms with Crippen LogP contribution in [0.4, 0.5) is 13.6 Å². The van der Waals surface area contributed by atoms with Crippen LogP contribution in [-0.2, 0) is 9.59 Å². The number of ether oxygens (including phenoxy) is 1. The Morgan fingerprint density at radius 1 is 1.14 bits per heavy atom. The van der Waals surface area contributed by atoms with E-state index in [1.165, 1.54) is 11.0 Å². The Bertz CT molecular complexity index is 999. The summed E-state index contributed by atoms with van der Waals surface area (Å²) in [7, 11) is 4.96. The monoisotopic (exact) mass is 509 g/mol. The smallest absolute Gasteiger partial charge is 0.319 e. The van der Waals surface area contributed by atoms with Gasteiger partial charge >= 0.3 is 6.03 Å². The number of likely N-dealkylation sites (N-methyl/N-ethyl adjacent to an activating group) is 1. The highest BCUT2D eigenvalue weighted by Gasteiger charge is 2.55. The zero-order valence-corrected chi connectivity index (χ0v) is 22.0. The molecule has 0 spiro atoms. The lowest BCUT2D eigenvalue weighted by molar-refractivity contribution is -0.141. The number of hydrogen-bond donors (Lipinski definition) is 2. The lowest BCUT2D eigenvalue weighted by Gasteiger charge is -2.37. The number of nitrogens with zero attached hydrogens (tertiary/aromatic N) is 3. The lowest BCUT2D eigenvalue weighted by atomic mass is 9.85. The first-order valence-electron chi connectivity index (χ1n) is 12.1. The first-order chi connectivity index (χ1) is 16.8. The maximum absolute atomic E-state index is 13.9. The minimum atomic E-state index is -1.04. The van der Waals surface area contributed by atoms with Gasteiger partial charge in [0.25, 0.3) is 0 Å². The van der Waals surface area contributed by atoms with Gasteiger partial charge in [0.2, 0.25) is 11.8 Å². The van der Waals surface area contributed by atoms with Crippen LogP contribution >= 0.6 is 0 Å². The summed E-state index contributed by atoms with van der Waals surface area (Å²) in [5.74, 6) is -2.50. The summed E-state index contributed by atoms with van der Waals surface area (Å²) in [6, 6.07) is 0.900. The van der Waals surface area contributed by atoms with E-state index in [0.29, 0.717) is 13.0 Å². The first-order valence-corrected chi connectivity index (χ1v) is 12.1. The van der Waals surface area contributed by atoms with E-state index in [0.717, 1.165) is 12.1 Å². The average molecular weight is 510 g/mol. The summed E-state index contributed by atoms with van der Waals surface area (Å²) >= 11 is 0. The summed E-state index contributed by atoms with van der Waals surface area (Å²) in [5, 5.41) is 5.76. The van der Waals surface area contributed by atoms with Gasteiger partial charge in [0, 0.05) is 26.7 Å². The number of carbonyl (C=O) groups excluding carboxylic acids is 3. The van der Waals surface area contributed by atoms with Crippen LogP contribution in [0.2, 0.25) is 0 Å². The average Bonchev–Trinajstić information content (AvgIpc) is 3.38. The zero-order chi connectivity index (χ0) is 26.9. The van der Waals surface area contributed by atoms with Gasteiger partial charge in [0.05, 0.1) is 24.7 Å². The van der Waals surface area contributed by atoms with Gasteiger partial charge < -0.3 is 30.1 Å². The molecule has 2 aliphatic heterocycles. The van der Waals surface area contributed by atoms with Crippen molar-refractivity contribution in [3.8, 4) is 5.75 Å². The molecule has 1 aromatic rings. The fraction of sp³-hybridized carbons (Fsp3) is 0.640. The Morgan fingerprint density at radius 2 is 1.81 bits per heavy atom. The number of likely N-dealkylation sites (tertiary alicyclic amines) is 2. The molecule has 0 aromatic heterocycles. The van der Waals surface area contributed by atoms with Crippen LogP contribution in [0.3, 0.4) is 0 Å². The third kappa shape index (κ3) is 5.55. The molecule has 200 valence electrons. The van der Waals surface area contributed by atoms with E-state index in [1.807, 2.05) is 20.8 Å². The van der Waals surface area contributed by atoms with Crippen molar-refractivity contribution in [2.75, 3.05) is 34.2 Å². The van der Waals surface area contributed by atoms with Crippen LogP contribution in [0.25, 0.3) is 0 Å². The summed E-state index contributed by atoms with van der Waals surface area (Å²) in [6.45, 7) is 7.88. The van der Waals surface area contributed by atoms with Crippen LogP contribution in [0.1, 0.15) is 34.1 Å². The molecule has 2 saturated heterocycles. The molecule has 11 heteroatoms. The molecule has 0 aliphatic carbocycles. The molecule has 1 aromatic carbocycles. The topological polar surface area (TPSA) is 94.2 Å². The Kier molecular flexibility index (Phi) is 8.12. The largest absolute Gasteiger partial charge is 0.486 e. The number of nitrogens with one attached hydrogen (secondary N) is 2. The summed E-state index contributed by atoms with van der Waals surface area (Å²) in [6.07, 6.45) is -0.131. The molecule has 2 heterocycles. The van der Waals surface area contributed by atoms with Crippen LogP contribution in [-0.4, -0.2) is 97.0 Å². The van der Waals surface area contributed by atoms with Crippen molar-refractivity contribution in [2.24, 2.45) is 5.41 Å². The van der Waals surface area contributed by atoms with Gasteiger partial charge in [-0.2, -0.15) is 0 Å². The molecule has 36 heavy (non-hydrogen) atoms. The maximum atomic E-state index is 13.9. The highest BCUT2D eigenvalue weighted by molar-refractivity contribution is 5.90. The molecule has 2 fully saturated rings. The fourth-order valence-corrected chi connectivity index (χ4v) is 4.80. The quantitative estimate of drug-likeness (QED) is 0.610. The second kappa shape index (κ2) is 10.6. The molecule has 0 radical (unpaired) electrons. The molecule has 9 nitrogen and oxygen atoms in total.